The SMILES string of the molecule is COCC(CNCC(C)C)N(C)CC(F)F. The molecule has 0 aliphatic heterocycles. The van der Waals surface area contributed by atoms with Crippen molar-refractivity contribution in [1.29, 1.82) is 0 Å². The van der Waals surface area contributed by atoms with Gasteiger partial charge in [-0.2, -0.15) is 0 Å². The zero-order valence-electron chi connectivity index (χ0n) is 10.7. The van der Waals surface area contributed by atoms with Crippen LogP contribution in [0.5, 0.6) is 0 Å². The lowest BCUT2D eigenvalue weighted by Gasteiger charge is -2.27. The Bertz CT molecular complexity index is 168. The molecule has 0 aromatic carbocycles. The summed E-state index contributed by atoms with van der Waals surface area (Å²) in [5.41, 5.74) is 0. The van der Waals surface area contributed by atoms with Crippen LogP contribution in [0.1, 0.15) is 13.8 Å². The molecule has 16 heavy (non-hydrogen) atoms. The lowest BCUT2D eigenvalue weighted by molar-refractivity contribution is 0.0501. The lowest BCUT2D eigenvalue weighted by Crippen LogP contribution is -2.45. The van der Waals surface area contributed by atoms with Crippen LogP contribution in [0.4, 0.5) is 8.78 Å². The minimum Gasteiger partial charge on any atom is -0.383 e. The first kappa shape index (κ1) is 15.7. The van der Waals surface area contributed by atoms with Crippen molar-refractivity contribution < 1.29 is 13.5 Å². The standard InChI is InChI=1S/C11H24F2N2O/c1-9(2)5-14-6-10(8-16-4)15(3)7-11(12)13/h9-11,14H,5-8H2,1-4H3. The molecule has 0 bridgehead atoms. The maximum atomic E-state index is 12.2. The third-order valence-electron chi connectivity index (χ3n) is 2.34. The topological polar surface area (TPSA) is 24.5 Å². The van der Waals surface area contributed by atoms with Gasteiger partial charge in [0.1, 0.15) is 0 Å². The minimum atomic E-state index is -2.30. The molecule has 5 heteroatoms. The van der Waals surface area contributed by atoms with Crippen molar-refractivity contribution in [2.75, 3.05) is 40.4 Å². The molecule has 0 fully saturated rings. The van der Waals surface area contributed by atoms with E-state index in [4.69, 9.17) is 4.74 Å². The predicted molar refractivity (Wildman–Crippen MR) is 62.0 cm³/mol. The van der Waals surface area contributed by atoms with E-state index in [9.17, 15) is 8.78 Å². The number of nitrogens with one attached hydrogen (secondary N) is 1. The Labute approximate surface area is 97.1 Å². The molecular weight excluding hydrogens is 214 g/mol. The average Bonchev–Trinajstić information content (AvgIpc) is 2.14. The molecule has 0 heterocycles. The molecule has 0 radical (unpaired) electrons. The summed E-state index contributed by atoms with van der Waals surface area (Å²) in [5.74, 6) is 0.559. The Morgan fingerprint density at radius 1 is 1.25 bits per heavy atom. The highest BCUT2D eigenvalue weighted by Gasteiger charge is 2.17. The molecule has 1 N–H and O–H groups in total. The minimum absolute atomic E-state index is 0.00208. The van der Waals surface area contributed by atoms with Gasteiger partial charge in [0.25, 0.3) is 6.43 Å². The first-order chi connectivity index (χ1) is 7.47. The summed E-state index contributed by atoms with van der Waals surface area (Å²) in [6, 6.07) is -0.00208. The van der Waals surface area contributed by atoms with E-state index < -0.39 is 6.43 Å². The van der Waals surface area contributed by atoms with E-state index >= 15 is 0 Å². The first-order valence-electron chi connectivity index (χ1n) is 5.65. The van der Waals surface area contributed by atoms with E-state index in [2.05, 4.69) is 19.2 Å². The summed E-state index contributed by atoms with van der Waals surface area (Å²) in [7, 11) is 3.29. The third kappa shape index (κ3) is 7.96. The zero-order chi connectivity index (χ0) is 12.6. The van der Waals surface area contributed by atoms with Gasteiger partial charge in [-0.05, 0) is 19.5 Å². The van der Waals surface area contributed by atoms with Crippen molar-refractivity contribution in [1.82, 2.24) is 10.2 Å². The Balaban J connectivity index is 3.94. The van der Waals surface area contributed by atoms with Crippen molar-refractivity contribution in [3.8, 4) is 0 Å². The normalized spacial score (nSPS) is 14.1. The Kier molecular flexibility index (Phi) is 8.70. The van der Waals surface area contributed by atoms with Crippen LogP contribution >= 0.6 is 0 Å². The van der Waals surface area contributed by atoms with Gasteiger partial charge in [0, 0.05) is 19.7 Å². The molecule has 0 aromatic rings. The Hall–Kier alpha value is -0.260. The second kappa shape index (κ2) is 8.84. The van der Waals surface area contributed by atoms with Crippen LogP contribution in [0.25, 0.3) is 0 Å². The van der Waals surface area contributed by atoms with Gasteiger partial charge in [-0.25, -0.2) is 8.78 Å². The van der Waals surface area contributed by atoms with E-state index in [-0.39, 0.29) is 12.6 Å². The van der Waals surface area contributed by atoms with Crippen molar-refractivity contribution in [2.24, 2.45) is 5.92 Å². The van der Waals surface area contributed by atoms with Crippen molar-refractivity contribution in [3.05, 3.63) is 0 Å². The smallest absolute Gasteiger partial charge is 0.251 e. The molecule has 0 aliphatic carbocycles. The molecule has 1 atom stereocenters. The fraction of sp³-hybridized carbons (Fsp3) is 1.00. The summed E-state index contributed by atoms with van der Waals surface area (Å²) in [5, 5.41) is 3.26. The van der Waals surface area contributed by atoms with Crippen LogP contribution in [0.2, 0.25) is 0 Å². The van der Waals surface area contributed by atoms with Gasteiger partial charge in [0.05, 0.1) is 13.2 Å². The van der Waals surface area contributed by atoms with Crippen LogP contribution in [-0.2, 0) is 4.74 Å². The summed E-state index contributed by atoms with van der Waals surface area (Å²) >= 11 is 0. The molecule has 0 saturated heterocycles. The molecule has 0 amide bonds. The summed E-state index contributed by atoms with van der Waals surface area (Å²) < 4.78 is 29.5. The van der Waals surface area contributed by atoms with E-state index in [1.54, 1.807) is 19.1 Å². The van der Waals surface area contributed by atoms with Gasteiger partial charge < -0.3 is 10.1 Å². The Morgan fingerprint density at radius 3 is 2.31 bits per heavy atom. The highest BCUT2D eigenvalue weighted by atomic mass is 19.3. The number of ether oxygens (including phenoxy) is 1. The molecule has 0 rings (SSSR count). The predicted octanol–water partition coefficient (Wildman–Crippen LogP) is 1.44. The molecule has 98 valence electrons. The monoisotopic (exact) mass is 238 g/mol. The van der Waals surface area contributed by atoms with Gasteiger partial charge >= 0.3 is 0 Å². The zero-order valence-corrected chi connectivity index (χ0v) is 10.7. The van der Waals surface area contributed by atoms with Crippen LogP contribution in [0, 0.1) is 5.92 Å². The number of halogens is 2. The van der Waals surface area contributed by atoms with E-state index in [0.717, 1.165) is 6.54 Å². The van der Waals surface area contributed by atoms with Crippen molar-refractivity contribution in [2.45, 2.75) is 26.3 Å². The molecule has 0 aromatic heterocycles. The molecule has 1 unspecified atom stereocenters. The van der Waals surface area contributed by atoms with Crippen LogP contribution in [-0.4, -0.2) is 57.8 Å². The molecule has 3 nitrogen and oxygen atoms in total. The largest absolute Gasteiger partial charge is 0.383 e. The first-order valence-corrected chi connectivity index (χ1v) is 5.65. The molecule has 0 spiro atoms. The van der Waals surface area contributed by atoms with Crippen LogP contribution in [0.3, 0.4) is 0 Å². The molecule has 0 saturated carbocycles. The number of methoxy groups -OCH3 is 1. The quantitative estimate of drug-likeness (QED) is 0.658. The lowest BCUT2D eigenvalue weighted by atomic mass is 10.2. The van der Waals surface area contributed by atoms with Gasteiger partial charge in [0.15, 0.2) is 0 Å². The highest BCUT2D eigenvalue weighted by Crippen LogP contribution is 2.02. The number of hydrogen-bond donors (Lipinski definition) is 1. The fourth-order valence-electron chi connectivity index (χ4n) is 1.44. The fourth-order valence-corrected chi connectivity index (χ4v) is 1.44. The van der Waals surface area contributed by atoms with E-state index in [1.165, 1.54) is 0 Å². The van der Waals surface area contributed by atoms with Gasteiger partial charge in [-0.1, -0.05) is 13.8 Å². The number of nitrogens with zero attached hydrogens (tertiary/aromatic N) is 1. The van der Waals surface area contributed by atoms with Crippen molar-refractivity contribution >= 4 is 0 Å². The second-order valence-electron chi connectivity index (χ2n) is 4.49. The molecule has 0 aliphatic rings. The second-order valence-corrected chi connectivity index (χ2v) is 4.49. The summed E-state index contributed by atoms with van der Waals surface area (Å²) in [6.45, 7) is 6.05. The highest BCUT2D eigenvalue weighted by molar-refractivity contribution is 4.72. The van der Waals surface area contributed by atoms with E-state index in [1.807, 2.05) is 0 Å². The number of alkyl halides is 2. The van der Waals surface area contributed by atoms with Gasteiger partial charge in [-0.3, -0.25) is 4.90 Å². The average molecular weight is 238 g/mol. The Morgan fingerprint density at radius 2 is 1.88 bits per heavy atom. The van der Waals surface area contributed by atoms with E-state index in [0.29, 0.717) is 19.1 Å². The van der Waals surface area contributed by atoms with Crippen LogP contribution in [0.15, 0.2) is 0 Å². The van der Waals surface area contributed by atoms with Gasteiger partial charge in [-0.15, -0.1) is 0 Å². The van der Waals surface area contributed by atoms with Crippen molar-refractivity contribution in [3.63, 3.8) is 0 Å². The number of likely N-dealkylation sites (N-methyl/N-ethyl adjacent to an activating group) is 1. The molecular formula is C11H24F2N2O. The van der Waals surface area contributed by atoms with Gasteiger partial charge in [0.2, 0.25) is 0 Å². The summed E-state index contributed by atoms with van der Waals surface area (Å²) in [4.78, 5) is 1.64. The number of rotatable bonds is 9. The maximum absolute atomic E-state index is 12.2. The maximum Gasteiger partial charge on any atom is 0.251 e. The van der Waals surface area contributed by atoms with Crippen LogP contribution < -0.4 is 5.32 Å². The number of hydrogen-bond acceptors (Lipinski definition) is 3. The third-order valence-corrected chi connectivity index (χ3v) is 2.34. The summed E-state index contributed by atoms with van der Waals surface area (Å²) in [6.07, 6.45) is -2.30.